The van der Waals surface area contributed by atoms with Crippen molar-refractivity contribution in [2.75, 3.05) is 23.3 Å². The Labute approximate surface area is 234 Å². The first kappa shape index (κ1) is 28.9. The third kappa shape index (κ3) is 5.49. The summed E-state index contributed by atoms with van der Waals surface area (Å²) in [6, 6.07) is 10.4. The lowest BCUT2D eigenvalue weighted by molar-refractivity contribution is -0.206. The summed E-state index contributed by atoms with van der Waals surface area (Å²) in [5, 5.41) is 26.9. The molecule has 42 heavy (non-hydrogen) atoms. The highest BCUT2D eigenvalue weighted by Gasteiger charge is 2.41. The number of aliphatic hydroxyl groups excluding tert-OH is 1. The van der Waals surface area contributed by atoms with Crippen molar-refractivity contribution in [2.45, 2.75) is 43.3 Å². The molecule has 0 saturated carbocycles. The first-order chi connectivity index (χ1) is 19.8. The van der Waals surface area contributed by atoms with Crippen LogP contribution in [0.4, 0.5) is 43.7 Å². The van der Waals surface area contributed by atoms with Crippen LogP contribution in [-0.2, 0) is 11.7 Å². The van der Waals surface area contributed by atoms with Crippen molar-refractivity contribution in [3.63, 3.8) is 0 Å². The maximum absolute atomic E-state index is 13.2. The Bertz CT molecular complexity index is 1680. The van der Waals surface area contributed by atoms with Crippen LogP contribution in [0.15, 0.2) is 59.7 Å². The molecular weight excluding hydrogens is 568 g/mol. The zero-order valence-corrected chi connectivity index (χ0v) is 21.7. The number of hydrogen-bond acceptors (Lipinski definition) is 7. The lowest BCUT2D eigenvalue weighted by Crippen LogP contribution is -2.47. The number of alkyl halides is 6. The predicted molar refractivity (Wildman–Crippen MR) is 140 cm³/mol. The normalized spacial score (nSPS) is 16.3. The number of nitrogens with one attached hydrogen (secondary N) is 2. The summed E-state index contributed by atoms with van der Waals surface area (Å²) in [6.07, 6.45) is -8.92. The minimum Gasteiger partial charge on any atom is -0.379 e. The fourth-order valence-electron chi connectivity index (χ4n) is 5.13. The van der Waals surface area contributed by atoms with Crippen LogP contribution in [0, 0.1) is 11.3 Å². The van der Waals surface area contributed by atoms with Gasteiger partial charge in [-0.15, -0.1) is 0 Å². The topological polar surface area (TPSA) is 123 Å². The molecule has 1 aromatic carbocycles. The Morgan fingerprint density at radius 2 is 1.79 bits per heavy atom. The molecule has 15 heteroatoms. The number of piperidine rings is 1. The van der Waals surface area contributed by atoms with Gasteiger partial charge in [-0.1, -0.05) is 12.1 Å². The van der Waals surface area contributed by atoms with Crippen LogP contribution in [-0.4, -0.2) is 44.1 Å². The Hall–Kier alpha value is -4.58. The number of anilines is 3. The average Bonchev–Trinajstić information content (AvgIpc) is 3.33. The number of H-pyrrole nitrogens is 1. The molecular formula is C27H23F6N7O2. The smallest absolute Gasteiger partial charge is 0.379 e. The van der Waals surface area contributed by atoms with Crippen molar-refractivity contribution in [2.24, 2.45) is 0 Å². The lowest BCUT2D eigenvalue weighted by atomic mass is 9.84. The van der Waals surface area contributed by atoms with Gasteiger partial charge in [-0.05, 0) is 48.7 Å². The Morgan fingerprint density at radius 3 is 2.40 bits per heavy atom. The van der Waals surface area contributed by atoms with Crippen molar-refractivity contribution in [1.82, 2.24) is 19.7 Å². The number of halogens is 6. The van der Waals surface area contributed by atoms with E-state index in [0.717, 1.165) is 30.5 Å². The van der Waals surface area contributed by atoms with E-state index in [1.807, 2.05) is 0 Å². The lowest BCUT2D eigenvalue weighted by Gasteiger charge is -2.41. The quantitative estimate of drug-likeness (QED) is 0.257. The van der Waals surface area contributed by atoms with Gasteiger partial charge < -0.3 is 20.3 Å². The number of nitrogens with zero attached hydrogens (tertiary/aromatic N) is 5. The number of pyridine rings is 2. The highest BCUT2D eigenvalue weighted by atomic mass is 19.4. The summed E-state index contributed by atoms with van der Waals surface area (Å²) < 4.78 is 79.9. The third-order valence-electron chi connectivity index (χ3n) is 7.35. The molecule has 3 aromatic heterocycles. The molecule has 1 aliphatic rings. The Morgan fingerprint density at radius 1 is 1.10 bits per heavy atom. The van der Waals surface area contributed by atoms with Crippen LogP contribution in [0.2, 0.25) is 0 Å². The summed E-state index contributed by atoms with van der Waals surface area (Å²) in [7, 11) is 0. The molecule has 4 aromatic rings. The van der Waals surface area contributed by atoms with Gasteiger partial charge in [-0.2, -0.15) is 36.7 Å². The molecule has 0 spiro atoms. The van der Waals surface area contributed by atoms with Crippen molar-refractivity contribution < 1.29 is 31.4 Å². The van der Waals surface area contributed by atoms with Gasteiger partial charge in [0.15, 0.2) is 11.9 Å². The van der Waals surface area contributed by atoms with Crippen molar-refractivity contribution in [3.05, 3.63) is 76.3 Å². The zero-order valence-electron chi connectivity index (χ0n) is 21.7. The molecule has 0 aliphatic carbocycles. The molecule has 1 saturated heterocycles. The highest BCUT2D eigenvalue weighted by molar-refractivity contribution is 5.91. The zero-order chi connectivity index (χ0) is 30.3. The van der Waals surface area contributed by atoms with Crippen LogP contribution >= 0.6 is 0 Å². The number of aromatic nitrogens is 4. The van der Waals surface area contributed by atoms with Gasteiger partial charge in [0.05, 0.1) is 29.1 Å². The van der Waals surface area contributed by atoms with Gasteiger partial charge in [-0.25, -0.2) is 4.98 Å². The van der Waals surface area contributed by atoms with Crippen molar-refractivity contribution >= 4 is 28.2 Å². The molecule has 220 valence electrons. The van der Waals surface area contributed by atoms with E-state index in [2.05, 4.69) is 26.5 Å². The number of fused-ring (bicyclic) bond motifs is 1. The van der Waals surface area contributed by atoms with Gasteiger partial charge in [-0.3, -0.25) is 9.48 Å². The number of benzene rings is 1. The Balaban J connectivity index is 1.47. The molecule has 3 N–H and O–H groups in total. The van der Waals surface area contributed by atoms with Crippen molar-refractivity contribution in [1.29, 1.82) is 5.26 Å². The van der Waals surface area contributed by atoms with Gasteiger partial charge in [0.25, 0.3) is 5.56 Å². The molecule has 1 unspecified atom stereocenters. The van der Waals surface area contributed by atoms with Crippen LogP contribution in [0.1, 0.15) is 36.5 Å². The van der Waals surface area contributed by atoms with Crippen LogP contribution < -0.4 is 15.8 Å². The number of aromatic amines is 1. The fraction of sp³-hybridized carbons (Fsp3) is 0.333. The number of nitriles is 1. The standard InChI is InChI=1S/C27H23F6N7O2/c28-26(29,30)17-5-11-35-20(15-17)39-13-8-25(7-10-34,9-14-39)40-19-6-12-36-24(42)21(19)23(38-40)37-18-3-1-16(2-4-18)22(41)27(31,32)33/h1-6,11-12,15,22,41H,7-9,13-14H2,(H,36,42)(H,37,38). The van der Waals surface area contributed by atoms with Gasteiger partial charge in [0.1, 0.15) is 11.2 Å². The van der Waals surface area contributed by atoms with E-state index in [9.17, 15) is 41.5 Å². The monoisotopic (exact) mass is 591 g/mol. The molecule has 1 atom stereocenters. The molecule has 0 amide bonds. The summed E-state index contributed by atoms with van der Waals surface area (Å²) in [4.78, 5) is 21.2. The molecule has 5 rings (SSSR count). The third-order valence-corrected chi connectivity index (χ3v) is 7.35. The second-order valence-corrected chi connectivity index (χ2v) is 9.97. The van der Waals surface area contributed by atoms with Crippen molar-refractivity contribution in [3.8, 4) is 6.07 Å². The summed E-state index contributed by atoms with van der Waals surface area (Å²) in [5.74, 6) is 0.244. The van der Waals surface area contributed by atoms with Crippen LogP contribution in [0.3, 0.4) is 0 Å². The molecule has 0 radical (unpaired) electrons. The molecule has 0 bridgehead atoms. The van der Waals surface area contributed by atoms with E-state index < -0.39 is 35.1 Å². The van der Waals surface area contributed by atoms with Gasteiger partial charge >= 0.3 is 12.4 Å². The number of rotatable bonds is 6. The second-order valence-electron chi connectivity index (χ2n) is 9.97. The minimum atomic E-state index is -4.83. The van der Waals surface area contributed by atoms with Gasteiger partial charge in [0.2, 0.25) is 0 Å². The maximum Gasteiger partial charge on any atom is 0.418 e. The fourth-order valence-corrected chi connectivity index (χ4v) is 5.13. The molecule has 4 heterocycles. The van der Waals surface area contributed by atoms with E-state index in [-0.39, 0.29) is 42.1 Å². The van der Waals surface area contributed by atoms with Gasteiger partial charge in [0, 0.05) is 31.2 Å². The predicted octanol–water partition coefficient (Wildman–Crippen LogP) is 5.39. The first-order valence-electron chi connectivity index (χ1n) is 12.7. The number of hydrogen-bond donors (Lipinski definition) is 3. The maximum atomic E-state index is 13.2. The van der Waals surface area contributed by atoms with E-state index in [4.69, 9.17) is 0 Å². The van der Waals surface area contributed by atoms with Crippen LogP contribution in [0.25, 0.3) is 10.9 Å². The average molecular weight is 592 g/mol. The number of aliphatic hydroxyl groups is 1. The van der Waals surface area contributed by atoms with Crippen LogP contribution in [0.5, 0.6) is 0 Å². The first-order valence-corrected chi connectivity index (χ1v) is 12.7. The molecule has 1 aliphatic heterocycles. The van der Waals surface area contributed by atoms with E-state index >= 15 is 0 Å². The largest absolute Gasteiger partial charge is 0.418 e. The summed E-state index contributed by atoms with van der Waals surface area (Å²) in [5.41, 5.74) is -1.91. The SMILES string of the molecule is N#CCC1(n2nc(Nc3ccc(C(O)C(F)(F)F)cc3)c3c(=O)[nH]ccc32)CCN(c2cc(C(F)(F)F)ccn2)CC1. The molecule has 9 nitrogen and oxygen atoms in total. The highest BCUT2D eigenvalue weighted by Crippen LogP contribution is 2.39. The Kier molecular flexibility index (Phi) is 7.35. The summed E-state index contributed by atoms with van der Waals surface area (Å²) >= 11 is 0. The van der Waals surface area contributed by atoms with E-state index in [1.165, 1.54) is 18.3 Å². The van der Waals surface area contributed by atoms with E-state index in [0.29, 0.717) is 24.0 Å². The molecule has 1 fully saturated rings. The minimum absolute atomic E-state index is 0.0100. The second kappa shape index (κ2) is 10.7. The van der Waals surface area contributed by atoms with E-state index in [1.54, 1.807) is 15.6 Å². The summed E-state index contributed by atoms with van der Waals surface area (Å²) in [6.45, 7) is 0.512.